The number of halogens is 2. The number of ketones is 1. The number of anilines is 1. The first-order valence-electron chi connectivity index (χ1n) is 6.98. The summed E-state index contributed by atoms with van der Waals surface area (Å²) < 4.78 is 18.6. The lowest BCUT2D eigenvalue weighted by molar-refractivity contribution is -0.121. The van der Waals surface area contributed by atoms with Gasteiger partial charge in [-0.15, -0.1) is 0 Å². The molecule has 0 N–H and O–H groups in total. The maximum atomic E-state index is 13.3. The van der Waals surface area contributed by atoms with Crippen LogP contribution in [0.15, 0.2) is 36.4 Å². The molecule has 0 saturated heterocycles. The molecule has 0 spiro atoms. The summed E-state index contributed by atoms with van der Waals surface area (Å²) in [5, 5.41) is 0.442. The second-order valence-electron chi connectivity index (χ2n) is 5.27. The van der Waals surface area contributed by atoms with Gasteiger partial charge in [0.1, 0.15) is 11.6 Å². The van der Waals surface area contributed by atoms with E-state index in [2.05, 4.69) is 0 Å². The van der Waals surface area contributed by atoms with E-state index >= 15 is 0 Å². The maximum absolute atomic E-state index is 13.3. The van der Waals surface area contributed by atoms with Crippen LogP contribution < -0.4 is 9.64 Å². The molecule has 0 atom stereocenters. The van der Waals surface area contributed by atoms with Gasteiger partial charge in [0.2, 0.25) is 0 Å². The fourth-order valence-corrected chi connectivity index (χ4v) is 2.57. The van der Waals surface area contributed by atoms with E-state index in [1.54, 1.807) is 25.1 Å². The smallest absolute Gasteiger partial charge is 0.265 e. The summed E-state index contributed by atoms with van der Waals surface area (Å²) in [4.78, 5) is 25.9. The summed E-state index contributed by atoms with van der Waals surface area (Å²) in [7, 11) is 0. The number of carbonyl (C=O) groups is 2. The van der Waals surface area contributed by atoms with Crippen LogP contribution in [0.5, 0.6) is 5.75 Å². The minimum atomic E-state index is -0.374. The first kappa shape index (κ1) is 15.5. The zero-order chi connectivity index (χ0) is 16.6. The Hall–Kier alpha value is -2.40. The molecule has 0 unspecified atom stereocenters. The highest BCUT2D eigenvalue weighted by Crippen LogP contribution is 2.34. The standard InChI is InChI=1S/C17H13ClFNO3/c1-10-6-11(2-4-13(10)19)15(21)8-20-14-7-12(18)3-5-16(14)23-9-17(20)22/h2-7H,8-9H2,1H3. The van der Waals surface area contributed by atoms with Crippen LogP contribution in [0.25, 0.3) is 0 Å². The van der Waals surface area contributed by atoms with Crippen molar-refractivity contribution in [1.82, 2.24) is 0 Å². The highest BCUT2D eigenvalue weighted by Gasteiger charge is 2.28. The van der Waals surface area contributed by atoms with E-state index in [1.807, 2.05) is 0 Å². The molecule has 0 fully saturated rings. The minimum Gasteiger partial charge on any atom is -0.482 e. The van der Waals surface area contributed by atoms with E-state index in [4.69, 9.17) is 16.3 Å². The SMILES string of the molecule is Cc1cc(C(=O)CN2C(=O)COc3ccc(Cl)cc32)ccc1F. The van der Waals surface area contributed by atoms with Crippen molar-refractivity contribution < 1.29 is 18.7 Å². The van der Waals surface area contributed by atoms with Crippen LogP contribution in [0.1, 0.15) is 15.9 Å². The van der Waals surface area contributed by atoms with E-state index < -0.39 is 0 Å². The second kappa shape index (κ2) is 6.01. The molecule has 0 saturated carbocycles. The Morgan fingerprint density at radius 2 is 2.09 bits per heavy atom. The second-order valence-corrected chi connectivity index (χ2v) is 5.70. The third-order valence-electron chi connectivity index (χ3n) is 3.65. The third-order valence-corrected chi connectivity index (χ3v) is 3.88. The number of benzene rings is 2. The van der Waals surface area contributed by atoms with Crippen LogP contribution in [0.4, 0.5) is 10.1 Å². The van der Waals surface area contributed by atoms with Crippen molar-refractivity contribution in [1.29, 1.82) is 0 Å². The average molecular weight is 334 g/mol. The molecule has 0 aromatic heterocycles. The predicted octanol–water partition coefficient (Wildman–Crippen LogP) is 3.40. The van der Waals surface area contributed by atoms with E-state index in [9.17, 15) is 14.0 Å². The summed E-state index contributed by atoms with van der Waals surface area (Å²) in [6, 6.07) is 9.02. The summed E-state index contributed by atoms with van der Waals surface area (Å²) in [5.41, 5.74) is 1.19. The van der Waals surface area contributed by atoms with Gasteiger partial charge >= 0.3 is 0 Å². The van der Waals surface area contributed by atoms with Gasteiger partial charge in [0.05, 0.1) is 12.2 Å². The van der Waals surface area contributed by atoms with Gasteiger partial charge in [0, 0.05) is 10.6 Å². The zero-order valence-electron chi connectivity index (χ0n) is 12.3. The Morgan fingerprint density at radius 3 is 2.83 bits per heavy atom. The van der Waals surface area contributed by atoms with Crippen molar-refractivity contribution in [3.8, 4) is 5.75 Å². The molecule has 0 bridgehead atoms. The van der Waals surface area contributed by atoms with Crippen molar-refractivity contribution in [2.24, 2.45) is 0 Å². The number of carbonyl (C=O) groups excluding carboxylic acids is 2. The lowest BCUT2D eigenvalue weighted by Crippen LogP contribution is -2.42. The molecule has 6 heteroatoms. The van der Waals surface area contributed by atoms with E-state index in [-0.39, 0.29) is 30.7 Å². The average Bonchev–Trinajstić information content (AvgIpc) is 2.52. The highest BCUT2D eigenvalue weighted by molar-refractivity contribution is 6.31. The van der Waals surface area contributed by atoms with Crippen LogP contribution in [-0.4, -0.2) is 24.8 Å². The molecule has 0 radical (unpaired) electrons. The molecule has 1 heterocycles. The molecule has 0 aliphatic carbocycles. The monoisotopic (exact) mass is 333 g/mol. The van der Waals surface area contributed by atoms with Crippen molar-refractivity contribution in [2.75, 3.05) is 18.1 Å². The summed E-state index contributed by atoms with van der Waals surface area (Å²) in [6.45, 7) is 1.30. The first-order valence-corrected chi connectivity index (χ1v) is 7.35. The van der Waals surface area contributed by atoms with Gasteiger partial charge in [-0.2, -0.15) is 0 Å². The minimum absolute atomic E-state index is 0.135. The number of aryl methyl sites for hydroxylation is 1. The first-order chi connectivity index (χ1) is 11.0. The molecule has 2 aromatic carbocycles. The molecule has 1 aliphatic heterocycles. The Bertz CT molecular complexity index is 806. The number of nitrogens with zero attached hydrogens (tertiary/aromatic N) is 1. The molecule has 3 rings (SSSR count). The van der Waals surface area contributed by atoms with Gasteiger partial charge < -0.3 is 4.74 Å². The maximum Gasteiger partial charge on any atom is 0.265 e. The van der Waals surface area contributed by atoms with Crippen LogP contribution in [-0.2, 0) is 4.79 Å². The molecular weight excluding hydrogens is 321 g/mol. The van der Waals surface area contributed by atoms with Gasteiger partial charge in [0.25, 0.3) is 5.91 Å². The van der Waals surface area contributed by atoms with Crippen LogP contribution in [0.3, 0.4) is 0 Å². The fourth-order valence-electron chi connectivity index (χ4n) is 2.40. The normalized spacial score (nSPS) is 13.5. The van der Waals surface area contributed by atoms with Crippen molar-refractivity contribution >= 4 is 29.0 Å². The Kier molecular flexibility index (Phi) is 4.05. The Balaban J connectivity index is 1.90. The van der Waals surface area contributed by atoms with E-state index in [1.165, 1.54) is 23.1 Å². The number of hydrogen-bond donors (Lipinski definition) is 0. The Morgan fingerprint density at radius 1 is 1.30 bits per heavy atom. The summed E-state index contributed by atoms with van der Waals surface area (Å²) in [5.74, 6) is -0.487. The van der Waals surface area contributed by atoms with Gasteiger partial charge in [0.15, 0.2) is 12.4 Å². The molecule has 2 aromatic rings. The van der Waals surface area contributed by atoms with Crippen LogP contribution in [0.2, 0.25) is 5.02 Å². The molecule has 23 heavy (non-hydrogen) atoms. The van der Waals surface area contributed by atoms with Crippen molar-refractivity contribution in [3.63, 3.8) is 0 Å². The number of rotatable bonds is 3. The van der Waals surface area contributed by atoms with E-state index in [0.717, 1.165) is 0 Å². The highest BCUT2D eigenvalue weighted by atomic mass is 35.5. The van der Waals surface area contributed by atoms with Gasteiger partial charge in [-0.3, -0.25) is 14.5 Å². The number of ether oxygens (including phenoxy) is 1. The quantitative estimate of drug-likeness (QED) is 0.809. The van der Waals surface area contributed by atoms with Crippen LogP contribution >= 0.6 is 11.6 Å². The number of Topliss-reactive ketones (excluding diaryl/α,β-unsaturated/α-hetero) is 1. The van der Waals surface area contributed by atoms with Gasteiger partial charge in [-0.25, -0.2) is 4.39 Å². The Labute approximate surface area is 137 Å². The number of hydrogen-bond acceptors (Lipinski definition) is 3. The zero-order valence-corrected chi connectivity index (χ0v) is 13.1. The molecule has 1 amide bonds. The molecule has 4 nitrogen and oxygen atoms in total. The largest absolute Gasteiger partial charge is 0.482 e. The third kappa shape index (κ3) is 3.05. The topological polar surface area (TPSA) is 46.6 Å². The lowest BCUT2D eigenvalue weighted by atomic mass is 10.1. The lowest BCUT2D eigenvalue weighted by Gasteiger charge is -2.29. The molecule has 1 aliphatic rings. The molecule has 118 valence electrons. The number of fused-ring (bicyclic) bond motifs is 1. The van der Waals surface area contributed by atoms with Crippen molar-refractivity contribution in [2.45, 2.75) is 6.92 Å². The fraction of sp³-hybridized carbons (Fsp3) is 0.176. The van der Waals surface area contributed by atoms with Crippen molar-refractivity contribution in [3.05, 3.63) is 58.4 Å². The predicted molar refractivity (Wildman–Crippen MR) is 84.8 cm³/mol. The summed E-state index contributed by atoms with van der Waals surface area (Å²) >= 11 is 5.96. The van der Waals surface area contributed by atoms with Gasteiger partial charge in [-0.1, -0.05) is 11.6 Å². The summed E-state index contributed by atoms with van der Waals surface area (Å²) in [6.07, 6.45) is 0. The van der Waals surface area contributed by atoms with Gasteiger partial charge in [-0.05, 0) is 48.9 Å². The molecular formula is C17H13ClFNO3. The number of amides is 1. The van der Waals surface area contributed by atoms with E-state index in [0.29, 0.717) is 27.6 Å². The van der Waals surface area contributed by atoms with Crippen LogP contribution in [0, 0.1) is 12.7 Å².